The number of aliphatic imine (C=N–C) groups is 1. The Balaban J connectivity index is 1.62. The van der Waals surface area contributed by atoms with Gasteiger partial charge in [-0.15, -0.1) is 0 Å². The number of nitrogens with zero attached hydrogens (tertiary/aromatic N) is 3. The molecule has 1 aromatic heterocycles. The number of rotatable bonds is 6. The van der Waals surface area contributed by atoms with Gasteiger partial charge in [-0.2, -0.15) is 0 Å². The normalized spacial score (nSPS) is 17.0. The summed E-state index contributed by atoms with van der Waals surface area (Å²) >= 11 is 0. The van der Waals surface area contributed by atoms with Gasteiger partial charge < -0.3 is 19.8 Å². The van der Waals surface area contributed by atoms with Crippen LogP contribution in [0.1, 0.15) is 49.6 Å². The van der Waals surface area contributed by atoms with E-state index in [1.807, 2.05) is 0 Å². The van der Waals surface area contributed by atoms with Crippen molar-refractivity contribution in [1.29, 1.82) is 0 Å². The third-order valence-electron chi connectivity index (χ3n) is 5.30. The van der Waals surface area contributed by atoms with E-state index >= 15 is 0 Å². The first-order valence-electron chi connectivity index (χ1n) is 10.6. The van der Waals surface area contributed by atoms with Crippen LogP contribution in [0.2, 0.25) is 0 Å². The topological polar surface area (TPSA) is 74.9 Å². The molecule has 0 spiro atoms. The van der Waals surface area contributed by atoms with Crippen LogP contribution in [0, 0.1) is 6.92 Å². The number of benzene rings is 1. The smallest absolute Gasteiger partial charge is 0.213 e. The van der Waals surface area contributed by atoms with Crippen molar-refractivity contribution in [3.8, 4) is 0 Å². The Morgan fingerprint density at radius 1 is 1.23 bits per heavy atom. The third-order valence-corrected chi connectivity index (χ3v) is 5.30. The van der Waals surface area contributed by atoms with Crippen LogP contribution in [0.4, 0.5) is 0 Å². The minimum atomic E-state index is -0.0512. The lowest BCUT2D eigenvalue weighted by Crippen LogP contribution is -2.46. The average molecular weight is 414 g/mol. The largest absolute Gasteiger partial charge is 0.443 e. The Bertz CT molecular complexity index is 834. The van der Waals surface area contributed by atoms with E-state index in [9.17, 15) is 0 Å². The molecule has 1 aromatic carbocycles. The number of oxazole rings is 1. The summed E-state index contributed by atoms with van der Waals surface area (Å²) in [6, 6.07) is 8.97. The van der Waals surface area contributed by atoms with Gasteiger partial charge in [0.2, 0.25) is 5.89 Å². The van der Waals surface area contributed by atoms with Gasteiger partial charge in [-0.05, 0) is 12.5 Å². The molecule has 0 radical (unpaired) electrons. The van der Waals surface area contributed by atoms with Gasteiger partial charge in [0.15, 0.2) is 5.96 Å². The van der Waals surface area contributed by atoms with Crippen LogP contribution in [0.15, 0.2) is 39.9 Å². The van der Waals surface area contributed by atoms with Gasteiger partial charge in [0.1, 0.15) is 5.76 Å². The molecule has 1 unspecified atom stereocenters. The maximum Gasteiger partial charge on any atom is 0.213 e. The molecule has 0 saturated carbocycles. The van der Waals surface area contributed by atoms with Crippen LogP contribution < -0.4 is 10.6 Å². The van der Waals surface area contributed by atoms with Gasteiger partial charge in [-0.3, -0.25) is 9.89 Å². The molecule has 7 heteroatoms. The summed E-state index contributed by atoms with van der Waals surface area (Å²) in [6.07, 6.45) is 1.80. The second kappa shape index (κ2) is 10.1. The highest BCUT2D eigenvalue weighted by Gasteiger charge is 2.23. The van der Waals surface area contributed by atoms with E-state index in [0.29, 0.717) is 12.4 Å². The lowest BCUT2D eigenvalue weighted by Gasteiger charge is -2.35. The number of guanidine groups is 1. The predicted molar refractivity (Wildman–Crippen MR) is 120 cm³/mol. The van der Waals surface area contributed by atoms with Crippen molar-refractivity contribution in [1.82, 2.24) is 20.5 Å². The Labute approximate surface area is 179 Å². The maximum atomic E-state index is 5.87. The summed E-state index contributed by atoms with van der Waals surface area (Å²) in [6.45, 7) is 13.1. The Morgan fingerprint density at radius 3 is 2.63 bits per heavy atom. The van der Waals surface area contributed by atoms with E-state index < -0.39 is 0 Å². The Kier molecular flexibility index (Phi) is 7.50. The van der Waals surface area contributed by atoms with Gasteiger partial charge in [0.25, 0.3) is 0 Å². The van der Waals surface area contributed by atoms with Crippen molar-refractivity contribution >= 4 is 5.96 Å². The first-order chi connectivity index (χ1) is 14.4. The molecule has 0 aliphatic carbocycles. The molecule has 0 bridgehead atoms. The quantitative estimate of drug-likeness (QED) is 0.560. The van der Waals surface area contributed by atoms with Gasteiger partial charge in [-0.25, -0.2) is 4.98 Å². The molecule has 1 aliphatic heterocycles. The molecule has 30 heavy (non-hydrogen) atoms. The monoisotopic (exact) mass is 413 g/mol. The molecule has 1 atom stereocenters. The zero-order valence-electron chi connectivity index (χ0n) is 18.9. The molecular weight excluding hydrogens is 378 g/mol. The van der Waals surface area contributed by atoms with Crippen LogP contribution in [0.5, 0.6) is 0 Å². The second-order valence-corrected chi connectivity index (χ2v) is 8.75. The Morgan fingerprint density at radius 2 is 2.00 bits per heavy atom. The van der Waals surface area contributed by atoms with Crippen LogP contribution in [-0.2, 0) is 16.7 Å². The van der Waals surface area contributed by atoms with Crippen molar-refractivity contribution < 1.29 is 9.15 Å². The van der Waals surface area contributed by atoms with E-state index in [4.69, 9.17) is 9.15 Å². The number of hydrogen-bond donors (Lipinski definition) is 2. The molecule has 3 rings (SSSR count). The van der Waals surface area contributed by atoms with E-state index in [0.717, 1.165) is 44.6 Å². The van der Waals surface area contributed by atoms with Crippen LogP contribution >= 0.6 is 0 Å². The van der Waals surface area contributed by atoms with Crippen molar-refractivity contribution in [2.75, 3.05) is 39.9 Å². The van der Waals surface area contributed by atoms with Crippen molar-refractivity contribution in [3.05, 3.63) is 53.2 Å². The van der Waals surface area contributed by atoms with Gasteiger partial charge in [0.05, 0.1) is 32.0 Å². The van der Waals surface area contributed by atoms with Gasteiger partial charge in [-0.1, -0.05) is 50.6 Å². The standard InChI is InChI=1S/C23H35N5O2/c1-17-7-6-8-18(13-17)19(28-9-11-29-12-10-28)14-26-22(24-5)27-16-21-25-15-20(30-21)23(2,3)4/h6-8,13,15,19H,9-12,14,16H2,1-5H3,(H2,24,26,27). The number of hydrogen-bond acceptors (Lipinski definition) is 5. The highest BCUT2D eigenvalue weighted by molar-refractivity contribution is 5.79. The van der Waals surface area contributed by atoms with Crippen LogP contribution in [-0.4, -0.2) is 55.7 Å². The van der Waals surface area contributed by atoms with E-state index in [1.165, 1.54) is 11.1 Å². The number of nitrogens with one attached hydrogen (secondary N) is 2. The zero-order chi connectivity index (χ0) is 21.6. The summed E-state index contributed by atoms with van der Waals surface area (Å²) in [5.41, 5.74) is 2.53. The molecule has 2 N–H and O–H groups in total. The molecule has 1 saturated heterocycles. The average Bonchev–Trinajstić information content (AvgIpc) is 3.21. The highest BCUT2D eigenvalue weighted by Crippen LogP contribution is 2.23. The van der Waals surface area contributed by atoms with E-state index in [2.05, 4.69) is 77.5 Å². The maximum absolute atomic E-state index is 5.87. The summed E-state index contributed by atoms with van der Waals surface area (Å²) in [4.78, 5) is 11.2. The van der Waals surface area contributed by atoms with Crippen molar-refractivity contribution in [2.24, 2.45) is 4.99 Å². The minimum absolute atomic E-state index is 0.0512. The molecule has 0 amide bonds. The first kappa shape index (κ1) is 22.3. The molecular formula is C23H35N5O2. The number of aromatic nitrogens is 1. The van der Waals surface area contributed by atoms with Crippen LogP contribution in [0.3, 0.4) is 0 Å². The lowest BCUT2D eigenvalue weighted by atomic mass is 9.94. The minimum Gasteiger partial charge on any atom is -0.443 e. The number of aryl methyl sites for hydroxylation is 1. The van der Waals surface area contributed by atoms with Crippen molar-refractivity contribution in [2.45, 2.75) is 45.7 Å². The van der Waals surface area contributed by atoms with Crippen molar-refractivity contribution in [3.63, 3.8) is 0 Å². The first-order valence-corrected chi connectivity index (χ1v) is 10.6. The number of ether oxygens (including phenoxy) is 1. The summed E-state index contributed by atoms with van der Waals surface area (Å²) < 4.78 is 11.4. The van der Waals surface area contributed by atoms with Crippen LogP contribution in [0.25, 0.3) is 0 Å². The van der Waals surface area contributed by atoms with E-state index in [-0.39, 0.29) is 11.5 Å². The highest BCUT2D eigenvalue weighted by atomic mass is 16.5. The summed E-state index contributed by atoms with van der Waals surface area (Å²) in [5.74, 6) is 2.27. The fourth-order valence-corrected chi connectivity index (χ4v) is 3.54. The molecule has 2 heterocycles. The summed E-state index contributed by atoms with van der Waals surface area (Å²) in [5, 5.41) is 6.79. The van der Waals surface area contributed by atoms with E-state index in [1.54, 1.807) is 13.2 Å². The molecule has 7 nitrogen and oxygen atoms in total. The Hall–Kier alpha value is -2.38. The molecule has 164 valence electrons. The second-order valence-electron chi connectivity index (χ2n) is 8.75. The molecule has 1 aliphatic rings. The fourth-order valence-electron chi connectivity index (χ4n) is 3.54. The molecule has 1 fully saturated rings. The fraction of sp³-hybridized carbons (Fsp3) is 0.565. The zero-order valence-corrected chi connectivity index (χ0v) is 18.9. The third kappa shape index (κ3) is 6.06. The summed E-state index contributed by atoms with van der Waals surface area (Å²) in [7, 11) is 1.78. The van der Waals surface area contributed by atoms with Gasteiger partial charge >= 0.3 is 0 Å². The molecule has 2 aromatic rings. The lowest BCUT2D eigenvalue weighted by molar-refractivity contribution is 0.0170. The van der Waals surface area contributed by atoms with Gasteiger partial charge in [0, 0.05) is 32.1 Å². The SMILES string of the molecule is CN=C(NCc1ncc(C(C)(C)C)o1)NCC(c1cccc(C)c1)N1CCOCC1. The predicted octanol–water partition coefficient (Wildman–Crippen LogP) is 3.02. The number of morpholine rings is 1.